The molecular formula is C20H24F3N3O3. The number of rotatable bonds is 7. The number of halogens is 3. The first-order valence-corrected chi connectivity index (χ1v) is 9.30. The standard InChI is InChI=1S/C20H24F3N3O3/c1-28-17-3-5-18(6-4-17)29-14-16(27)13-25-8-10-26(11-9-25)19-7-2-15(12-24-19)20(21,22)23/h2-7,12,16,27H,8-11,13-14H2,1H3/t16-/m1/s1. The van der Waals surface area contributed by atoms with Gasteiger partial charge in [0.1, 0.15) is 30.0 Å². The smallest absolute Gasteiger partial charge is 0.417 e. The fourth-order valence-corrected chi connectivity index (χ4v) is 3.12. The second-order valence-electron chi connectivity index (χ2n) is 6.83. The Morgan fingerprint density at radius 1 is 1.03 bits per heavy atom. The lowest BCUT2D eigenvalue weighted by Crippen LogP contribution is -2.49. The van der Waals surface area contributed by atoms with E-state index in [1.807, 2.05) is 4.90 Å². The molecule has 0 amide bonds. The number of hydrogen-bond donors (Lipinski definition) is 1. The molecule has 0 radical (unpaired) electrons. The van der Waals surface area contributed by atoms with Gasteiger partial charge in [0.05, 0.1) is 12.7 Å². The lowest BCUT2D eigenvalue weighted by atomic mass is 10.2. The van der Waals surface area contributed by atoms with Crippen molar-refractivity contribution in [1.82, 2.24) is 9.88 Å². The summed E-state index contributed by atoms with van der Waals surface area (Å²) in [7, 11) is 1.59. The molecule has 1 aromatic carbocycles. The number of aliphatic hydroxyl groups excluding tert-OH is 1. The minimum atomic E-state index is -4.38. The zero-order valence-electron chi connectivity index (χ0n) is 16.1. The first-order chi connectivity index (χ1) is 13.8. The van der Waals surface area contributed by atoms with Crippen LogP contribution in [0.3, 0.4) is 0 Å². The van der Waals surface area contributed by atoms with Crippen LogP contribution >= 0.6 is 0 Å². The number of anilines is 1. The van der Waals surface area contributed by atoms with Crippen LogP contribution in [0.2, 0.25) is 0 Å². The number of aromatic nitrogens is 1. The molecule has 6 nitrogen and oxygen atoms in total. The van der Waals surface area contributed by atoms with Crippen molar-refractivity contribution in [1.29, 1.82) is 0 Å². The number of pyridine rings is 1. The van der Waals surface area contributed by atoms with E-state index >= 15 is 0 Å². The van der Waals surface area contributed by atoms with Gasteiger partial charge in [0.25, 0.3) is 0 Å². The monoisotopic (exact) mass is 411 g/mol. The van der Waals surface area contributed by atoms with Gasteiger partial charge in [-0.25, -0.2) is 4.98 Å². The van der Waals surface area contributed by atoms with Crippen LogP contribution in [0.25, 0.3) is 0 Å². The van der Waals surface area contributed by atoms with Gasteiger partial charge in [-0.3, -0.25) is 4.90 Å². The highest BCUT2D eigenvalue weighted by molar-refractivity contribution is 5.40. The number of ether oxygens (including phenoxy) is 2. The number of piperazine rings is 1. The topological polar surface area (TPSA) is 58.1 Å². The van der Waals surface area contributed by atoms with Gasteiger partial charge in [-0.15, -0.1) is 0 Å². The number of nitrogens with zero attached hydrogens (tertiary/aromatic N) is 3. The SMILES string of the molecule is COc1ccc(OC[C@H](O)CN2CCN(c3ccc(C(F)(F)F)cn3)CC2)cc1. The molecule has 0 saturated carbocycles. The fourth-order valence-electron chi connectivity index (χ4n) is 3.12. The van der Waals surface area contributed by atoms with E-state index in [0.717, 1.165) is 18.0 Å². The number of aliphatic hydroxyl groups is 1. The Morgan fingerprint density at radius 2 is 1.69 bits per heavy atom. The van der Waals surface area contributed by atoms with Crippen molar-refractivity contribution in [3.63, 3.8) is 0 Å². The molecule has 9 heteroatoms. The van der Waals surface area contributed by atoms with E-state index < -0.39 is 17.8 Å². The third-order valence-corrected chi connectivity index (χ3v) is 4.74. The average molecular weight is 411 g/mol. The van der Waals surface area contributed by atoms with Crippen molar-refractivity contribution >= 4 is 5.82 Å². The molecule has 0 unspecified atom stereocenters. The Balaban J connectivity index is 1.42. The van der Waals surface area contributed by atoms with Gasteiger partial charge in [-0.05, 0) is 36.4 Å². The molecule has 2 heterocycles. The molecule has 3 rings (SSSR count). The first-order valence-electron chi connectivity index (χ1n) is 9.30. The number of benzene rings is 1. The summed E-state index contributed by atoms with van der Waals surface area (Å²) in [5, 5.41) is 10.2. The summed E-state index contributed by atoms with van der Waals surface area (Å²) in [6.07, 6.45) is -4.16. The van der Waals surface area contributed by atoms with Crippen LogP contribution < -0.4 is 14.4 Å². The van der Waals surface area contributed by atoms with Gasteiger partial charge in [0, 0.05) is 38.9 Å². The van der Waals surface area contributed by atoms with Crippen LogP contribution in [0.5, 0.6) is 11.5 Å². The molecule has 0 spiro atoms. The summed E-state index contributed by atoms with van der Waals surface area (Å²) in [5.74, 6) is 1.92. The predicted molar refractivity (Wildman–Crippen MR) is 102 cm³/mol. The van der Waals surface area contributed by atoms with Crippen molar-refractivity contribution < 1.29 is 27.8 Å². The lowest BCUT2D eigenvalue weighted by molar-refractivity contribution is -0.137. The molecule has 1 atom stereocenters. The zero-order valence-corrected chi connectivity index (χ0v) is 16.1. The maximum absolute atomic E-state index is 12.6. The molecule has 1 aromatic heterocycles. The fraction of sp³-hybridized carbons (Fsp3) is 0.450. The summed E-state index contributed by atoms with van der Waals surface area (Å²) in [5.41, 5.74) is -0.750. The highest BCUT2D eigenvalue weighted by Crippen LogP contribution is 2.29. The molecule has 1 fully saturated rings. The summed E-state index contributed by atoms with van der Waals surface area (Å²) in [4.78, 5) is 7.98. The molecule has 158 valence electrons. The maximum Gasteiger partial charge on any atom is 0.417 e. The Labute approximate surface area is 167 Å². The first kappa shape index (κ1) is 21.2. The lowest BCUT2D eigenvalue weighted by Gasteiger charge is -2.36. The summed E-state index contributed by atoms with van der Waals surface area (Å²) < 4.78 is 48.6. The predicted octanol–water partition coefficient (Wildman–Crippen LogP) is 2.67. The number of alkyl halides is 3. The van der Waals surface area contributed by atoms with E-state index in [-0.39, 0.29) is 6.61 Å². The molecule has 0 bridgehead atoms. The quantitative estimate of drug-likeness (QED) is 0.756. The molecule has 29 heavy (non-hydrogen) atoms. The van der Waals surface area contributed by atoms with Crippen LogP contribution in [-0.4, -0.2) is 67.5 Å². The van der Waals surface area contributed by atoms with Gasteiger partial charge in [0.15, 0.2) is 0 Å². The molecule has 0 aliphatic carbocycles. The van der Waals surface area contributed by atoms with Gasteiger partial charge in [-0.2, -0.15) is 13.2 Å². The third-order valence-electron chi connectivity index (χ3n) is 4.74. The van der Waals surface area contributed by atoms with E-state index in [0.29, 0.717) is 44.3 Å². The molecule has 1 saturated heterocycles. The number of β-amino-alcohol motifs (C(OH)–C–C–N with tert-alkyl or cyclic N) is 1. The second-order valence-corrected chi connectivity index (χ2v) is 6.83. The van der Waals surface area contributed by atoms with E-state index in [1.54, 1.807) is 31.4 Å². The van der Waals surface area contributed by atoms with Crippen LogP contribution in [0.4, 0.5) is 19.0 Å². The minimum absolute atomic E-state index is 0.174. The van der Waals surface area contributed by atoms with Crippen molar-refractivity contribution in [2.24, 2.45) is 0 Å². The zero-order chi connectivity index (χ0) is 20.9. The largest absolute Gasteiger partial charge is 0.497 e. The van der Waals surface area contributed by atoms with E-state index in [4.69, 9.17) is 9.47 Å². The van der Waals surface area contributed by atoms with Crippen molar-refractivity contribution in [3.05, 3.63) is 48.2 Å². The highest BCUT2D eigenvalue weighted by atomic mass is 19.4. The Hall–Kier alpha value is -2.52. The minimum Gasteiger partial charge on any atom is -0.497 e. The summed E-state index contributed by atoms with van der Waals surface area (Å²) >= 11 is 0. The van der Waals surface area contributed by atoms with Crippen molar-refractivity contribution in [3.8, 4) is 11.5 Å². The Morgan fingerprint density at radius 3 is 2.24 bits per heavy atom. The van der Waals surface area contributed by atoms with Crippen LogP contribution in [0, 0.1) is 0 Å². The van der Waals surface area contributed by atoms with Gasteiger partial charge in [-0.1, -0.05) is 0 Å². The van der Waals surface area contributed by atoms with Crippen molar-refractivity contribution in [2.75, 3.05) is 51.3 Å². The van der Waals surface area contributed by atoms with Crippen LogP contribution in [0.1, 0.15) is 5.56 Å². The van der Waals surface area contributed by atoms with Crippen LogP contribution in [0.15, 0.2) is 42.6 Å². The maximum atomic E-state index is 12.6. The highest BCUT2D eigenvalue weighted by Gasteiger charge is 2.31. The normalized spacial score (nSPS) is 16.5. The Bertz CT molecular complexity index is 761. The van der Waals surface area contributed by atoms with E-state index in [9.17, 15) is 18.3 Å². The van der Waals surface area contributed by atoms with Gasteiger partial charge in [0.2, 0.25) is 0 Å². The molecular weight excluding hydrogens is 387 g/mol. The van der Waals surface area contributed by atoms with E-state index in [1.165, 1.54) is 6.07 Å². The van der Waals surface area contributed by atoms with Gasteiger partial charge < -0.3 is 19.5 Å². The molecule has 1 N–H and O–H groups in total. The van der Waals surface area contributed by atoms with Crippen LogP contribution in [-0.2, 0) is 6.18 Å². The molecule has 1 aliphatic heterocycles. The summed E-state index contributed by atoms with van der Waals surface area (Å²) in [6.45, 7) is 3.26. The third kappa shape index (κ3) is 5.98. The summed E-state index contributed by atoms with van der Waals surface area (Å²) in [6, 6.07) is 9.58. The van der Waals surface area contributed by atoms with Gasteiger partial charge >= 0.3 is 6.18 Å². The Kier molecular flexibility index (Phi) is 6.81. The number of methoxy groups -OCH3 is 1. The van der Waals surface area contributed by atoms with E-state index in [2.05, 4.69) is 9.88 Å². The van der Waals surface area contributed by atoms with Crippen molar-refractivity contribution in [2.45, 2.75) is 12.3 Å². The average Bonchev–Trinajstić information content (AvgIpc) is 2.73. The number of hydrogen-bond acceptors (Lipinski definition) is 6. The molecule has 1 aliphatic rings. The molecule has 2 aromatic rings. The second kappa shape index (κ2) is 9.32.